The topological polar surface area (TPSA) is 529 Å². The van der Waals surface area contributed by atoms with Gasteiger partial charge in [-0.3, -0.25) is 58.1 Å². The smallest absolute Gasteiger partial charge is 0.331 e. The number of ether oxygens (including phenoxy) is 1. The Morgan fingerprint density at radius 1 is 0.674 bits per heavy atom. The van der Waals surface area contributed by atoms with Gasteiger partial charge in [0.05, 0.1) is 31.4 Å². The highest BCUT2D eigenvalue weighted by molar-refractivity contribution is 6.00. The standard InChI is InChI=1S/C60H99N15O17/c1-10-31(8)41-55(87)73-42(32(9)77)54(86)66-26-40(78)71-44(47(80)49(62)81)57(89)70-39(27-76)59(91)92-48(34-19-12-11-13-20-34)45(75-53(85)38(25-33-17-14-15-18-33)68-50(82)35(61)23-28(2)3)58(90)74-43(46(79)30(6)7)56(88)69-37(24-29(4)5)52(84)67-36(51(83)72-41)21-16-22-65-60(63)64/h11-13,19-20,28-33,35-39,41-48,76-77,79-80H,10,14-18,21-27,61H2,1-9H3,(H2,62,81)(H,66,86)(H,67,84)(H,68,82)(H,69,88)(H,70,89)(H,71,78)(H,72,83)(H,73,87)(H,74,90)(H,75,85)(H4,63,64,65)/t31-,32-,35+,36+,37-,38-,39-,41-,42-,43-,44-,45-,46+,47-,48+/m0/s1. The molecule has 1 saturated carbocycles. The summed E-state index contributed by atoms with van der Waals surface area (Å²) in [7, 11) is 0. The third kappa shape index (κ3) is 24.9. The van der Waals surface area contributed by atoms with Crippen molar-refractivity contribution >= 4 is 76.9 Å². The molecule has 1 aromatic rings. The number of hydrogen-bond donors (Lipinski definition) is 19. The number of amides is 11. The molecule has 1 saturated heterocycles. The molecule has 92 heavy (non-hydrogen) atoms. The third-order valence-corrected chi connectivity index (χ3v) is 15.8. The first-order valence-corrected chi connectivity index (χ1v) is 31.2. The van der Waals surface area contributed by atoms with Crippen molar-refractivity contribution in [3.05, 3.63) is 35.9 Å². The maximum atomic E-state index is 15.5. The Morgan fingerprint density at radius 3 is 1.79 bits per heavy atom. The van der Waals surface area contributed by atoms with Gasteiger partial charge in [0.1, 0.15) is 48.3 Å². The largest absolute Gasteiger partial charge is 0.453 e. The molecule has 0 spiro atoms. The number of nitrogens with two attached hydrogens (primary N) is 3. The molecule has 0 radical (unpaired) electrons. The summed E-state index contributed by atoms with van der Waals surface area (Å²) in [6.07, 6.45) is -4.90. The van der Waals surface area contributed by atoms with Crippen LogP contribution in [0.1, 0.15) is 138 Å². The lowest BCUT2D eigenvalue weighted by molar-refractivity contribution is -0.159. The molecule has 0 unspecified atom stereocenters. The van der Waals surface area contributed by atoms with E-state index < -0.39 is 187 Å². The van der Waals surface area contributed by atoms with Crippen molar-refractivity contribution in [2.45, 2.75) is 211 Å². The van der Waals surface area contributed by atoms with Crippen LogP contribution in [0.2, 0.25) is 0 Å². The predicted molar refractivity (Wildman–Crippen MR) is 333 cm³/mol. The van der Waals surface area contributed by atoms with Gasteiger partial charge in [-0.15, -0.1) is 0 Å². The van der Waals surface area contributed by atoms with Gasteiger partial charge in [0.15, 0.2) is 24.2 Å². The first-order chi connectivity index (χ1) is 43.2. The summed E-state index contributed by atoms with van der Waals surface area (Å²) in [5.74, 6) is -16.9. The van der Waals surface area contributed by atoms with Crippen LogP contribution in [-0.4, -0.2) is 196 Å². The molecular weight excluding hydrogens is 1200 g/mol. The number of carbonyl (C=O) groups is 12. The summed E-state index contributed by atoms with van der Waals surface area (Å²) in [6.45, 7) is 12.0. The quantitative estimate of drug-likeness (QED) is 0.0212. The SMILES string of the molecule is CC[C@H](C)[C@@H]1NC(=O)[C@@H](CCCNC(=N)N)NC(=O)[C@H](CC(C)C)NC(=O)[C@H]([C@H](O)C(C)C)NC(=O)[C@@H](NC(=O)[C@H](CC2CCCC2)NC(=O)[C@H](N)CC(C)C)[C@@H](c2ccccc2)OC(=O)[C@H](CO)NC(=O)[C@H]([C@H](O)C(N)=O)NC(=O)CNC(=O)[C@H]([C@H](C)O)NC1=O. The van der Waals surface area contributed by atoms with Crippen molar-refractivity contribution in [1.82, 2.24) is 58.5 Å². The molecule has 1 aromatic carbocycles. The van der Waals surface area contributed by atoms with Crippen molar-refractivity contribution in [2.24, 2.45) is 46.8 Å². The first-order valence-electron chi connectivity index (χ1n) is 31.2. The van der Waals surface area contributed by atoms with Crippen molar-refractivity contribution in [2.75, 3.05) is 19.7 Å². The lowest BCUT2D eigenvalue weighted by Crippen LogP contribution is -2.64. The molecule has 11 amide bonds. The van der Waals surface area contributed by atoms with Gasteiger partial charge in [0.25, 0.3) is 0 Å². The first kappa shape index (κ1) is 78.2. The van der Waals surface area contributed by atoms with Crippen LogP contribution in [0.5, 0.6) is 0 Å². The minimum Gasteiger partial charge on any atom is -0.453 e. The van der Waals surface area contributed by atoms with Crippen molar-refractivity contribution in [1.29, 1.82) is 5.41 Å². The summed E-state index contributed by atoms with van der Waals surface area (Å²) in [5, 5.41) is 78.7. The van der Waals surface area contributed by atoms with Gasteiger partial charge in [0, 0.05) is 6.54 Å². The zero-order valence-electron chi connectivity index (χ0n) is 53.9. The average molecular weight is 1300 g/mol. The van der Waals surface area contributed by atoms with E-state index in [2.05, 4.69) is 47.9 Å². The molecule has 22 N–H and O–H groups in total. The Bertz CT molecular complexity index is 2700. The van der Waals surface area contributed by atoms with E-state index in [9.17, 15) is 68.4 Å². The number of hydrogen-bond acceptors (Lipinski definition) is 19. The molecule has 1 aliphatic heterocycles. The molecule has 15 atom stereocenters. The van der Waals surface area contributed by atoms with Crippen LogP contribution >= 0.6 is 0 Å². The fourth-order valence-corrected chi connectivity index (χ4v) is 10.4. The highest BCUT2D eigenvalue weighted by Crippen LogP contribution is 2.30. The highest BCUT2D eigenvalue weighted by Gasteiger charge is 2.44. The van der Waals surface area contributed by atoms with Crippen LogP contribution in [-0.2, 0) is 62.3 Å². The lowest BCUT2D eigenvalue weighted by Gasteiger charge is -2.34. The average Bonchev–Trinajstić information content (AvgIpc) is 0.899. The normalized spacial score (nSPS) is 25.4. The Kier molecular flexibility index (Phi) is 32.3. The van der Waals surface area contributed by atoms with Crippen molar-refractivity contribution in [3.63, 3.8) is 0 Å². The fraction of sp³-hybridized carbons (Fsp3) is 0.683. The van der Waals surface area contributed by atoms with Gasteiger partial charge in [-0.25, -0.2) is 4.79 Å². The number of cyclic esters (lactones) is 1. The monoisotopic (exact) mass is 1300 g/mol. The van der Waals surface area contributed by atoms with E-state index in [1.165, 1.54) is 44.2 Å². The van der Waals surface area contributed by atoms with Gasteiger partial charge < -0.3 is 101 Å². The maximum absolute atomic E-state index is 15.5. The number of rotatable bonds is 23. The van der Waals surface area contributed by atoms with Crippen LogP contribution in [0, 0.1) is 35.0 Å². The molecular formula is C60H99N15O17. The molecule has 1 aliphatic carbocycles. The second-order valence-electron chi connectivity index (χ2n) is 24.8. The fourth-order valence-electron chi connectivity index (χ4n) is 10.4. The zero-order valence-corrected chi connectivity index (χ0v) is 53.9. The molecule has 2 fully saturated rings. The van der Waals surface area contributed by atoms with Crippen LogP contribution in [0.25, 0.3) is 0 Å². The molecule has 516 valence electrons. The molecule has 1 heterocycles. The number of primary amides is 1. The predicted octanol–water partition coefficient (Wildman–Crippen LogP) is -4.69. The number of carbonyl (C=O) groups excluding carboxylic acids is 12. The summed E-state index contributed by atoms with van der Waals surface area (Å²) in [4.78, 5) is 171. The Labute approximate surface area is 535 Å². The van der Waals surface area contributed by atoms with E-state index in [0.717, 1.165) is 19.8 Å². The van der Waals surface area contributed by atoms with Gasteiger partial charge in [-0.1, -0.05) is 118 Å². The van der Waals surface area contributed by atoms with E-state index in [-0.39, 0.29) is 68.4 Å². The molecule has 32 heteroatoms. The molecule has 3 rings (SSSR count). The van der Waals surface area contributed by atoms with E-state index in [1.54, 1.807) is 27.7 Å². The molecule has 32 nitrogen and oxygen atoms in total. The van der Waals surface area contributed by atoms with Gasteiger partial charge in [0.2, 0.25) is 65.0 Å². The highest BCUT2D eigenvalue weighted by atomic mass is 16.5. The molecule has 0 aromatic heterocycles. The van der Waals surface area contributed by atoms with E-state index in [0.29, 0.717) is 12.8 Å². The van der Waals surface area contributed by atoms with Crippen LogP contribution < -0.4 is 75.7 Å². The maximum Gasteiger partial charge on any atom is 0.331 e. The van der Waals surface area contributed by atoms with Gasteiger partial charge >= 0.3 is 5.97 Å². The summed E-state index contributed by atoms with van der Waals surface area (Å²) in [5.41, 5.74) is 17.1. The Balaban J connectivity index is 2.41. The number of aliphatic hydroxyl groups is 4. The number of nitrogens with one attached hydrogen (secondary N) is 12. The molecule has 2 aliphatic rings. The van der Waals surface area contributed by atoms with Crippen LogP contribution in [0.15, 0.2) is 30.3 Å². The Hall–Kier alpha value is -8.07. The summed E-state index contributed by atoms with van der Waals surface area (Å²) in [6, 6.07) is -10.6. The van der Waals surface area contributed by atoms with Gasteiger partial charge in [-0.05, 0) is 74.2 Å². The summed E-state index contributed by atoms with van der Waals surface area (Å²) >= 11 is 0. The number of guanidine groups is 1. The van der Waals surface area contributed by atoms with Crippen LogP contribution in [0.4, 0.5) is 0 Å². The van der Waals surface area contributed by atoms with Crippen molar-refractivity contribution in [3.8, 4) is 0 Å². The van der Waals surface area contributed by atoms with Crippen LogP contribution in [0.3, 0.4) is 0 Å². The van der Waals surface area contributed by atoms with E-state index >= 15 is 9.59 Å². The van der Waals surface area contributed by atoms with E-state index in [1.807, 2.05) is 24.5 Å². The lowest BCUT2D eigenvalue weighted by atomic mass is 9.94. The second kappa shape index (κ2) is 38.1. The minimum atomic E-state index is -2.57. The Morgan fingerprint density at radius 2 is 1.24 bits per heavy atom. The van der Waals surface area contributed by atoms with E-state index in [4.69, 9.17) is 27.3 Å². The number of aliphatic hydroxyl groups excluding tert-OH is 4. The third-order valence-electron chi connectivity index (χ3n) is 15.8. The second-order valence-corrected chi connectivity index (χ2v) is 24.8. The minimum absolute atomic E-state index is 0.0176. The molecule has 0 bridgehead atoms. The number of esters is 1. The number of benzene rings is 1. The zero-order chi connectivity index (χ0) is 69.3. The van der Waals surface area contributed by atoms with Gasteiger partial charge in [-0.2, -0.15) is 0 Å². The summed E-state index contributed by atoms with van der Waals surface area (Å²) < 4.78 is 5.97. The van der Waals surface area contributed by atoms with Crippen molar-refractivity contribution < 1.29 is 82.7 Å².